The lowest BCUT2D eigenvalue weighted by Gasteiger charge is -2.34. The summed E-state index contributed by atoms with van der Waals surface area (Å²) in [5, 5.41) is 10.7. The maximum absolute atomic E-state index is 7.70. The molecule has 2 rings (SSSR count). The minimum absolute atomic E-state index is 0.0719. The van der Waals surface area contributed by atoms with Crippen LogP contribution >= 0.6 is 11.3 Å². The van der Waals surface area contributed by atoms with Crippen LogP contribution in [0.5, 0.6) is 0 Å². The lowest BCUT2D eigenvalue weighted by Crippen LogP contribution is -2.48. The Morgan fingerprint density at radius 1 is 1.35 bits per heavy atom. The van der Waals surface area contributed by atoms with Gasteiger partial charge in [0.25, 0.3) is 0 Å². The van der Waals surface area contributed by atoms with Gasteiger partial charge < -0.3 is 21.3 Å². The van der Waals surface area contributed by atoms with E-state index in [2.05, 4.69) is 14.9 Å². The number of nitrogens with two attached hydrogens (primary N) is 2. The lowest BCUT2D eigenvalue weighted by atomic mass is 10.3. The Balaban J connectivity index is 1.90. The van der Waals surface area contributed by atoms with E-state index in [1.165, 1.54) is 0 Å². The van der Waals surface area contributed by atoms with Gasteiger partial charge in [-0.25, -0.2) is 4.98 Å². The van der Waals surface area contributed by atoms with E-state index in [-0.39, 0.29) is 11.9 Å². The second-order valence-electron chi connectivity index (χ2n) is 3.65. The molecule has 0 radical (unpaired) electrons. The number of hydrogen-bond donors (Lipinski definition) is 3. The van der Waals surface area contributed by atoms with Gasteiger partial charge in [0.05, 0.1) is 0 Å². The number of nitrogens with zero attached hydrogens (tertiary/aromatic N) is 4. The minimum Gasteiger partial charge on any atom is -0.370 e. The van der Waals surface area contributed by atoms with Gasteiger partial charge >= 0.3 is 0 Å². The summed E-state index contributed by atoms with van der Waals surface area (Å²) >= 11 is 1.62. The predicted octanol–water partition coefficient (Wildman–Crippen LogP) is -0.527. The van der Waals surface area contributed by atoms with Crippen molar-refractivity contribution < 1.29 is 0 Å². The third kappa shape index (κ3) is 2.84. The van der Waals surface area contributed by atoms with Crippen LogP contribution in [0.3, 0.4) is 0 Å². The molecule has 0 unspecified atom stereocenters. The van der Waals surface area contributed by atoms with Crippen molar-refractivity contribution in [1.82, 2.24) is 9.88 Å². The number of aromatic nitrogens is 1. The normalized spacial score (nSPS) is 15.8. The number of anilines is 1. The second kappa shape index (κ2) is 5.00. The molecule has 0 saturated carbocycles. The van der Waals surface area contributed by atoms with Crippen molar-refractivity contribution >= 4 is 28.4 Å². The fourth-order valence-electron chi connectivity index (χ4n) is 1.67. The second-order valence-corrected chi connectivity index (χ2v) is 4.52. The summed E-state index contributed by atoms with van der Waals surface area (Å²) in [4.78, 5) is 12.1. The molecule has 17 heavy (non-hydrogen) atoms. The first-order valence-corrected chi connectivity index (χ1v) is 6.12. The van der Waals surface area contributed by atoms with E-state index >= 15 is 0 Å². The van der Waals surface area contributed by atoms with Gasteiger partial charge in [0.1, 0.15) is 0 Å². The van der Waals surface area contributed by atoms with Crippen LogP contribution in [0.15, 0.2) is 16.6 Å². The van der Waals surface area contributed by atoms with Crippen molar-refractivity contribution in [2.75, 3.05) is 31.1 Å². The zero-order valence-corrected chi connectivity index (χ0v) is 10.2. The van der Waals surface area contributed by atoms with Crippen molar-refractivity contribution in [3.63, 3.8) is 0 Å². The number of thiazole rings is 1. The molecular weight excluding hydrogens is 238 g/mol. The SMILES string of the molecule is N=C(N=C(N)N)N1CCN(c2nccs2)CC1. The number of rotatable bonds is 1. The Hall–Kier alpha value is -1.83. The Bertz CT molecular complexity index is 401. The fourth-order valence-corrected chi connectivity index (χ4v) is 2.37. The molecule has 7 nitrogen and oxygen atoms in total. The summed E-state index contributed by atoms with van der Waals surface area (Å²) in [5.74, 6) is 0.0566. The highest BCUT2D eigenvalue weighted by atomic mass is 32.1. The Morgan fingerprint density at radius 2 is 2.06 bits per heavy atom. The Kier molecular flexibility index (Phi) is 3.43. The minimum atomic E-state index is -0.0719. The molecule has 1 saturated heterocycles. The highest BCUT2D eigenvalue weighted by molar-refractivity contribution is 7.13. The Labute approximate surface area is 103 Å². The lowest BCUT2D eigenvalue weighted by molar-refractivity contribution is 0.380. The van der Waals surface area contributed by atoms with Gasteiger partial charge in [-0.15, -0.1) is 11.3 Å². The average Bonchev–Trinajstić information content (AvgIpc) is 2.82. The topological polar surface area (TPSA) is 108 Å². The van der Waals surface area contributed by atoms with Crippen LogP contribution in [-0.2, 0) is 0 Å². The van der Waals surface area contributed by atoms with Gasteiger partial charge in [-0.05, 0) is 0 Å². The van der Waals surface area contributed by atoms with E-state index in [0.29, 0.717) is 0 Å². The maximum atomic E-state index is 7.70. The molecule has 1 aromatic heterocycles. The number of hydrogen-bond acceptors (Lipinski definition) is 4. The van der Waals surface area contributed by atoms with E-state index in [1.807, 2.05) is 10.3 Å². The van der Waals surface area contributed by atoms with Crippen LogP contribution in [0.25, 0.3) is 0 Å². The first-order chi connectivity index (χ1) is 8.16. The molecule has 0 spiro atoms. The highest BCUT2D eigenvalue weighted by Crippen LogP contribution is 2.18. The summed E-state index contributed by atoms with van der Waals surface area (Å²) in [6, 6.07) is 0. The van der Waals surface area contributed by atoms with Crippen LogP contribution in [0.4, 0.5) is 5.13 Å². The smallest absolute Gasteiger partial charge is 0.221 e. The van der Waals surface area contributed by atoms with E-state index in [4.69, 9.17) is 16.9 Å². The summed E-state index contributed by atoms with van der Waals surface area (Å²) in [5.41, 5.74) is 10.5. The third-order valence-corrected chi connectivity index (χ3v) is 3.34. The van der Waals surface area contributed by atoms with Crippen LogP contribution in [0.2, 0.25) is 0 Å². The molecule has 0 atom stereocenters. The molecular formula is C9H15N7S. The molecule has 5 N–H and O–H groups in total. The molecule has 92 valence electrons. The summed E-state index contributed by atoms with van der Waals surface area (Å²) in [6.07, 6.45) is 1.80. The standard InChI is InChI=1S/C9H15N7S/c10-7(11)14-8(12)15-2-4-16(5-3-15)9-13-1-6-17-9/h1,6H,2-5H2,(H5,10,11,12,14). The van der Waals surface area contributed by atoms with Crippen LogP contribution < -0.4 is 16.4 Å². The summed E-state index contributed by atoms with van der Waals surface area (Å²) in [7, 11) is 0. The zero-order valence-electron chi connectivity index (χ0n) is 9.33. The number of nitrogens with one attached hydrogen (secondary N) is 1. The van der Waals surface area contributed by atoms with Gasteiger partial charge in [0.2, 0.25) is 5.96 Å². The monoisotopic (exact) mass is 253 g/mol. The molecule has 1 aromatic rings. The highest BCUT2D eigenvalue weighted by Gasteiger charge is 2.20. The van der Waals surface area contributed by atoms with E-state index in [9.17, 15) is 0 Å². The van der Waals surface area contributed by atoms with E-state index < -0.39 is 0 Å². The zero-order chi connectivity index (χ0) is 12.3. The molecule has 8 heteroatoms. The fraction of sp³-hybridized carbons (Fsp3) is 0.444. The van der Waals surface area contributed by atoms with Crippen molar-refractivity contribution in [3.8, 4) is 0 Å². The summed E-state index contributed by atoms with van der Waals surface area (Å²) < 4.78 is 0. The van der Waals surface area contributed by atoms with Gasteiger partial charge in [-0.2, -0.15) is 4.99 Å². The van der Waals surface area contributed by atoms with Gasteiger partial charge in [0.15, 0.2) is 11.1 Å². The maximum Gasteiger partial charge on any atom is 0.221 e. The van der Waals surface area contributed by atoms with Crippen molar-refractivity contribution in [2.24, 2.45) is 16.5 Å². The predicted molar refractivity (Wildman–Crippen MR) is 69.4 cm³/mol. The number of piperazine rings is 1. The molecule has 1 aliphatic rings. The Morgan fingerprint density at radius 3 is 2.59 bits per heavy atom. The van der Waals surface area contributed by atoms with Crippen molar-refractivity contribution in [1.29, 1.82) is 5.41 Å². The molecule has 0 amide bonds. The third-order valence-electron chi connectivity index (χ3n) is 2.50. The van der Waals surface area contributed by atoms with E-state index in [1.54, 1.807) is 17.5 Å². The molecule has 2 heterocycles. The quantitative estimate of drug-likeness (QED) is 0.461. The first kappa shape index (κ1) is 11.6. The molecule has 1 aliphatic heterocycles. The number of guanidine groups is 2. The van der Waals surface area contributed by atoms with Crippen molar-refractivity contribution in [3.05, 3.63) is 11.6 Å². The van der Waals surface area contributed by atoms with Gasteiger partial charge in [-0.1, -0.05) is 0 Å². The average molecular weight is 253 g/mol. The van der Waals surface area contributed by atoms with Crippen LogP contribution in [0, 0.1) is 5.41 Å². The van der Waals surface area contributed by atoms with Crippen LogP contribution in [-0.4, -0.2) is 48.0 Å². The van der Waals surface area contributed by atoms with E-state index in [0.717, 1.165) is 31.3 Å². The van der Waals surface area contributed by atoms with Crippen molar-refractivity contribution in [2.45, 2.75) is 0 Å². The molecule has 1 fully saturated rings. The molecule has 0 aromatic carbocycles. The summed E-state index contributed by atoms with van der Waals surface area (Å²) in [6.45, 7) is 3.12. The van der Waals surface area contributed by atoms with Gasteiger partial charge in [0, 0.05) is 37.8 Å². The largest absolute Gasteiger partial charge is 0.370 e. The molecule has 0 bridgehead atoms. The van der Waals surface area contributed by atoms with Crippen LogP contribution in [0.1, 0.15) is 0 Å². The van der Waals surface area contributed by atoms with Gasteiger partial charge in [-0.3, -0.25) is 5.41 Å². The first-order valence-electron chi connectivity index (χ1n) is 5.24. The molecule has 0 aliphatic carbocycles. The number of aliphatic imine (C=N–C) groups is 1.